The number of primary amides is 1. The Labute approximate surface area is 181 Å². The van der Waals surface area contributed by atoms with Gasteiger partial charge in [0.1, 0.15) is 11.7 Å². The fourth-order valence-electron chi connectivity index (χ4n) is 6.71. The Morgan fingerprint density at radius 2 is 2.10 bits per heavy atom. The maximum atomic E-state index is 12.4. The molecule has 2 aliphatic heterocycles. The monoisotopic (exact) mass is 423 g/mol. The number of aliphatic hydroxyl groups is 2. The van der Waals surface area contributed by atoms with Gasteiger partial charge in [0.2, 0.25) is 5.91 Å². The lowest BCUT2D eigenvalue weighted by Crippen LogP contribution is -2.73. The number of phenols is 1. The van der Waals surface area contributed by atoms with Crippen LogP contribution in [0.3, 0.4) is 0 Å². The molecule has 2 bridgehead atoms. The van der Waals surface area contributed by atoms with Crippen LogP contribution < -0.4 is 5.73 Å². The summed E-state index contributed by atoms with van der Waals surface area (Å²) in [6.45, 7) is 1.91. The number of carbonyl (C=O) groups excluding carboxylic acids is 1. The van der Waals surface area contributed by atoms with Gasteiger partial charge in [-0.1, -0.05) is 12.1 Å². The normalized spacial score (nSPS) is 39.0. The smallest absolute Gasteiger partial charge is 0.229 e. The second-order valence-corrected chi connectivity index (χ2v) is 10.2. The van der Waals surface area contributed by atoms with Crippen LogP contribution in [0.4, 0.5) is 0 Å². The highest BCUT2D eigenvalue weighted by molar-refractivity contribution is 6.04. The van der Waals surface area contributed by atoms with E-state index in [1.54, 1.807) is 12.1 Å². The van der Waals surface area contributed by atoms with Crippen LogP contribution in [0.25, 0.3) is 0 Å². The van der Waals surface area contributed by atoms with Gasteiger partial charge in [0, 0.05) is 36.6 Å². The van der Waals surface area contributed by atoms with Gasteiger partial charge in [0.05, 0.1) is 5.60 Å². The lowest BCUT2D eigenvalue weighted by atomic mass is 9.48. The summed E-state index contributed by atoms with van der Waals surface area (Å²) in [5.74, 6) is -0.542. The lowest BCUT2D eigenvalue weighted by Gasteiger charge is -2.64. The molecule has 1 saturated heterocycles. The third-order valence-corrected chi connectivity index (χ3v) is 8.48. The molecule has 0 spiro atoms. The van der Waals surface area contributed by atoms with E-state index >= 15 is 0 Å². The quantitative estimate of drug-likeness (QED) is 0.578. The Balaban J connectivity index is 1.49. The Kier molecular flexibility index (Phi) is 4.02. The minimum Gasteiger partial charge on any atom is -0.508 e. The zero-order valence-electron chi connectivity index (χ0n) is 17.5. The molecule has 1 amide bonds. The molecule has 5 unspecified atom stereocenters. The van der Waals surface area contributed by atoms with Crippen molar-refractivity contribution >= 4 is 11.6 Å². The minimum absolute atomic E-state index is 0.0276. The third-order valence-electron chi connectivity index (χ3n) is 8.48. The molecule has 0 aromatic heterocycles. The van der Waals surface area contributed by atoms with Crippen molar-refractivity contribution in [3.63, 3.8) is 0 Å². The van der Waals surface area contributed by atoms with Gasteiger partial charge in [0.25, 0.3) is 0 Å². The van der Waals surface area contributed by atoms with Crippen LogP contribution in [0.5, 0.6) is 5.75 Å². The average molecular weight is 424 g/mol. The summed E-state index contributed by atoms with van der Waals surface area (Å²) in [7, 11) is 0. The first kappa shape index (κ1) is 19.5. The average Bonchev–Trinajstić information content (AvgIpc) is 3.53. The van der Waals surface area contributed by atoms with Crippen LogP contribution in [-0.4, -0.2) is 62.8 Å². The van der Waals surface area contributed by atoms with E-state index in [1.165, 1.54) is 18.4 Å². The predicted octanol–water partition coefficient (Wildman–Crippen LogP) is 0.996. The summed E-state index contributed by atoms with van der Waals surface area (Å²) in [6, 6.07) is 5.51. The summed E-state index contributed by atoms with van der Waals surface area (Å²) >= 11 is 0. The van der Waals surface area contributed by atoms with Crippen LogP contribution in [0.1, 0.15) is 43.2 Å². The number of benzene rings is 1. The number of dihydropyridines is 1. The number of piperidine rings is 1. The van der Waals surface area contributed by atoms with Crippen molar-refractivity contribution in [3.05, 3.63) is 41.0 Å². The predicted molar refractivity (Wildman–Crippen MR) is 115 cm³/mol. The number of phenolic OH excluding ortho intramolecular Hbond substituents is 1. The molecule has 6 rings (SSSR count). The van der Waals surface area contributed by atoms with Crippen LogP contribution in [0, 0.1) is 11.8 Å². The number of carbonyl (C=O) groups is 1. The zero-order chi connectivity index (χ0) is 21.5. The highest BCUT2D eigenvalue weighted by Gasteiger charge is 2.65. The number of hydrogen-bond acceptors (Lipinski definition) is 6. The van der Waals surface area contributed by atoms with Gasteiger partial charge in [-0.15, -0.1) is 0 Å². The van der Waals surface area contributed by atoms with Crippen molar-refractivity contribution in [3.8, 4) is 5.75 Å². The number of likely N-dealkylation sites (tertiary alicyclic amines) is 1. The number of aromatic hydroxyl groups is 1. The molecule has 1 aromatic carbocycles. The number of aliphatic imine (C=N–C) groups is 1. The molecule has 1 aromatic rings. The fraction of sp³-hybridized carbons (Fsp3) is 0.583. The second kappa shape index (κ2) is 6.40. The molecule has 7 nitrogen and oxygen atoms in total. The Morgan fingerprint density at radius 3 is 2.84 bits per heavy atom. The van der Waals surface area contributed by atoms with E-state index in [0.717, 1.165) is 48.7 Å². The summed E-state index contributed by atoms with van der Waals surface area (Å²) in [5, 5.41) is 33.1. The Morgan fingerprint density at radius 1 is 1.29 bits per heavy atom. The number of hydrogen-bond donors (Lipinski definition) is 4. The van der Waals surface area contributed by atoms with Crippen molar-refractivity contribution in [2.24, 2.45) is 22.6 Å². The summed E-state index contributed by atoms with van der Waals surface area (Å²) < 4.78 is 0. The van der Waals surface area contributed by atoms with Gasteiger partial charge in [0.15, 0.2) is 6.23 Å². The molecule has 0 radical (unpaired) electrons. The van der Waals surface area contributed by atoms with Gasteiger partial charge < -0.3 is 21.1 Å². The van der Waals surface area contributed by atoms with Gasteiger partial charge in [-0.3, -0.25) is 14.7 Å². The molecule has 31 heavy (non-hydrogen) atoms. The number of rotatable bonds is 3. The molecule has 5 aliphatic rings. The first-order valence-electron chi connectivity index (χ1n) is 11.3. The van der Waals surface area contributed by atoms with Crippen molar-refractivity contribution in [2.75, 3.05) is 13.1 Å². The first-order chi connectivity index (χ1) is 14.8. The fourth-order valence-corrected chi connectivity index (χ4v) is 6.71. The highest BCUT2D eigenvalue weighted by atomic mass is 16.3. The molecular weight excluding hydrogens is 394 g/mol. The summed E-state index contributed by atoms with van der Waals surface area (Å²) in [6.07, 6.45) is 5.43. The number of aliphatic hydroxyl groups excluding tert-OH is 1. The topological polar surface area (TPSA) is 119 Å². The van der Waals surface area contributed by atoms with Crippen molar-refractivity contribution in [2.45, 2.75) is 61.8 Å². The molecule has 164 valence electrons. The molecule has 5 atom stereocenters. The Hall–Kier alpha value is -2.22. The molecule has 7 heteroatoms. The minimum atomic E-state index is -1.18. The summed E-state index contributed by atoms with van der Waals surface area (Å²) in [5.41, 5.74) is 7.64. The maximum absolute atomic E-state index is 12.4. The van der Waals surface area contributed by atoms with E-state index in [9.17, 15) is 20.1 Å². The van der Waals surface area contributed by atoms with Crippen LogP contribution in [-0.2, 0) is 16.6 Å². The number of nitrogens with zero attached hydrogens (tertiary/aromatic N) is 2. The molecule has 3 fully saturated rings. The number of fused-ring (bicyclic) bond motifs is 2. The summed E-state index contributed by atoms with van der Waals surface area (Å²) in [4.78, 5) is 18.8. The van der Waals surface area contributed by atoms with Crippen LogP contribution in [0.2, 0.25) is 0 Å². The van der Waals surface area contributed by atoms with E-state index in [0.29, 0.717) is 12.8 Å². The van der Waals surface area contributed by atoms with Crippen molar-refractivity contribution in [1.29, 1.82) is 0 Å². The molecule has 2 heterocycles. The zero-order valence-corrected chi connectivity index (χ0v) is 17.5. The van der Waals surface area contributed by atoms with Crippen LogP contribution >= 0.6 is 0 Å². The maximum Gasteiger partial charge on any atom is 0.229 e. The molecule has 2 saturated carbocycles. The van der Waals surface area contributed by atoms with Gasteiger partial charge in [-0.2, -0.15) is 0 Å². The van der Waals surface area contributed by atoms with Gasteiger partial charge in [-0.25, -0.2) is 0 Å². The van der Waals surface area contributed by atoms with Crippen molar-refractivity contribution < 1.29 is 20.1 Å². The Bertz CT molecular complexity index is 1030. The second-order valence-electron chi connectivity index (χ2n) is 10.2. The first-order valence-corrected chi connectivity index (χ1v) is 11.3. The van der Waals surface area contributed by atoms with Gasteiger partial charge in [-0.05, 0) is 67.0 Å². The highest BCUT2D eigenvalue weighted by Crippen LogP contribution is 2.59. The number of nitrogens with two attached hydrogens (primary N) is 1. The van der Waals surface area contributed by atoms with E-state index < -0.39 is 29.1 Å². The van der Waals surface area contributed by atoms with Crippen molar-refractivity contribution in [1.82, 2.24) is 4.90 Å². The van der Waals surface area contributed by atoms with Crippen LogP contribution in [0.15, 0.2) is 34.8 Å². The molecular formula is C24H29N3O4. The van der Waals surface area contributed by atoms with E-state index in [4.69, 9.17) is 5.73 Å². The van der Waals surface area contributed by atoms with Gasteiger partial charge >= 0.3 is 0 Å². The lowest BCUT2D eigenvalue weighted by molar-refractivity contribution is -0.148. The SMILES string of the molecule is NC(=O)C1C=C2CC3(O)C4Cc5ccc(O)cc5C3(CCN4CC3CC3)CC2=NC1O. The van der Waals surface area contributed by atoms with E-state index in [1.807, 2.05) is 12.1 Å². The number of amides is 1. The standard InChI is InChI=1S/C24H29N3O4/c25-21(29)17-7-15-10-24(31)20-8-14-3-4-16(28)9-18(14)23(24,11-19(15)26-22(17)30)5-6-27(20)12-13-1-2-13/h3-4,7,9,13,17,20,22,28,30-31H,1-2,5-6,8,10-12H2,(H2,25,29). The van der Waals surface area contributed by atoms with E-state index in [2.05, 4.69) is 9.89 Å². The molecule has 5 N–H and O–H groups in total. The largest absolute Gasteiger partial charge is 0.508 e. The molecule has 3 aliphatic carbocycles. The van der Waals surface area contributed by atoms with E-state index in [-0.39, 0.29) is 11.8 Å². The third kappa shape index (κ3) is 2.69.